The zero-order valence-electron chi connectivity index (χ0n) is 11.6. The molecule has 104 valence electrons. The Morgan fingerprint density at radius 1 is 1.26 bits per heavy atom. The summed E-state index contributed by atoms with van der Waals surface area (Å²) in [6, 6.07) is 5.29. The molecule has 1 heterocycles. The molecule has 0 radical (unpaired) electrons. The van der Waals surface area contributed by atoms with E-state index in [-0.39, 0.29) is 18.6 Å². The third-order valence-corrected chi connectivity index (χ3v) is 3.19. The summed E-state index contributed by atoms with van der Waals surface area (Å²) in [5, 5.41) is 3.31. The van der Waals surface area contributed by atoms with Crippen LogP contribution in [-0.4, -0.2) is 25.2 Å². The van der Waals surface area contributed by atoms with Gasteiger partial charge in [0.2, 0.25) is 6.79 Å². The van der Waals surface area contributed by atoms with Crippen molar-refractivity contribution in [2.24, 2.45) is 0 Å². The number of carbonyl (C=O) groups excluding carboxylic acids is 1. The third kappa shape index (κ3) is 3.26. The van der Waals surface area contributed by atoms with Crippen molar-refractivity contribution in [3.05, 3.63) is 23.8 Å². The van der Waals surface area contributed by atoms with Crippen molar-refractivity contribution in [3.8, 4) is 11.5 Å². The second-order valence-electron chi connectivity index (χ2n) is 4.73. The highest BCUT2D eigenvalue weighted by atomic mass is 16.7. The summed E-state index contributed by atoms with van der Waals surface area (Å²) in [4.78, 5) is 12.5. The molecule has 0 saturated heterocycles. The lowest BCUT2D eigenvalue weighted by molar-refractivity contribution is 0.0937. The molecular weight excluding hydrogens is 242 g/mol. The standard InChI is InChI=1S/C15H21NO3/c1-3-5-12(16-8-4-2)15(17)11-6-7-13-14(9-11)19-10-18-13/h6-7,9,12,16H,3-5,8,10H2,1-2H3. The minimum Gasteiger partial charge on any atom is -0.454 e. The van der Waals surface area contributed by atoms with Crippen LogP contribution in [0.4, 0.5) is 0 Å². The van der Waals surface area contributed by atoms with Crippen LogP contribution in [0.15, 0.2) is 18.2 Å². The Labute approximate surface area is 114 Å². The molecule has 4 nitrogen and oxygen atoms in total. The molecule has 0 aromatic heterocycles. The van der Waals surface area contributed by atoms with Gasteiger partial charge in [0.05, 0.1) is 6.04 Å². The Morgan fingerprint density at radius 3 is 2.79 bits per heavy atom. The number of hydrogen-bond acceptors (Lipinski definition) is 4. The van der Waals surface area contributed by atoms with Gasteiger partial charge in [0, 0.05) is 5.56 Å². The third-order valence-electron chi connectivity index (χ3n) is 3.19. The van der Waals surface area contributed by atoms with Gasteiger partial charge in [-0.15, -0.1) is 0 Å². The van der Waals surface area contributed by atoms with E-state index in [1.54, 1.807) is 12.1 Å². The minimum absolute atomic E-state index is 0.106. The molecule has 1 aliphatic rings. The predicted molar refractivity (Wildman–Crippen MR) is 73.9 cm³/mol. The highest BCUT2D eigenvalue weighted by Gasteiger charge is 2.21. The second-order valence-corrected chi connectivity index (χ2v) is 4.73. The maximum absolute atomic E-state index is 12.5. The van der Waals surface area contributed by atoms with Gasteiger partial charge in [-0.05, 0) is 37.6 Å². The summed E-state index contributed by atoms with van der Waals surface area (Å²) in [6.45, 7) is 5.29. The van der Waals surface area contributed by atoms with E-state index in [1.165, 1.54) is 0 Å². The Kier molecular flexibility index (Phi) is 4.80. The van der Waals surface area contributed by atoms with Crippen molar-refractivity contribution in [3.63, 3.8) is 0 Å². The monoisotopic (exact) mass is 263 g/mol. The molecule has 0 saturated carbocycles. The topological polar surface area (TPSA) is 47.6 Å². The first-order valence-corrected chi connectivity index (χ1v) is 6.93. The molecule has 0 aliphatic carbocycles. The van der Waals surface area contributed by atoms with Crippen LogP contribution < -0.4 is 14.8 Å². The van der Waals surface area contributed by atoms with Crippen LogP contribution in [-0.2, 0) is 0 Å². The number of ether oxygens (including phenoxy) is 2. The van der Waals surface area contributed by atoms with E-state index in [4.69, 9.17) is 9.47 Å². The molecule has 0 bridgehead atoms. The van der Waals surface area contributed by atoms with Gasteiger partial charge in [-0.2, -0.15) is 0 Å². The van der Waals surface area contributed by atoms with E-state index in [0.717, 1.165) is 25.8 Å². The average molecular weight is 263 g/mol. The van der Waals surface area contributed by atoms with Crippen molar-refractivity contribution in [2.75, 3.05) is 13.3 Å². The van der Waals surface area contributed by atoms with Crippen LogP contribution in [0.1, 0.15) is 43.5 Å². The summed E-state index contributed by atoms with van der Waals surface area (Å²) in [7, 11) is 0. The maximum Gasteiger partial charge on any atom is 0.231 e. The molecule has 4 heteroatoms. The summed E-state index contributed by atoms with van der Waals surface area (Å²) in [5.74, 6) is 1.51. The van der Waals surface area contributed by atoms with E-state index in [0.29, 0.717) is 17.1 Å². The number of nitrogens with one attached hydrogen (secondary N) is 1. The van der Waals surface area contributed by atoms with Gasteiger partial charge in [-0.3, -0.25) is 4.79 Å². The molecule has 1 aromatic rings. The van der Waals surface area contributed by atoms with Crippen molar-refractivity contribution in [1.29, 1.82) is 0 Å². The van der Waals surface area contributed by atoms with E-state index < -0.39 is 0 Å². The fourth-order valence-electron chi connectivity index (χ4n) is 2.18. The lowest BCUT2D eigenvalue weighted by atomic mass is 10.00. The van der Waals surface area contributed by atoms with Crippen molar-refractivity contribution in [2.45, 2.75) is 39.2 Å². The van der Waals surface area contributed by atoms with Crippen molar-refractivity contribution < 1.29 is 14.3 Å². The van der Waals surface area contributed by atoms with Crippen LogP contribution in [0.3, 0.4) is 0 Å². The molecule has 0 spiro atoms. The Bertz CT molecular complexity index is 445. The predicted octanol–water partition coefficient (Wildman–Crippen LogP) is 2.77. The number of ketones is 1. The van der Waals surface area contributed by atoms with Crippen LogP contribution >= 0.6 is 0 Å². The van der Waals surface area contributed by atoms with Gasteiger partial charge in [-0.1, -0.05) is 20.3 Å². The Balaban J connectivity index is 2.11. The van der Waals surface area contributed by atoms with Crippen LogP contribution in [0.25, 0.3) is 0 Å². The fourth-order valence-corrected chi connectivity index (χ4v) is 2.18. The Hall–Kier alpha value is -1.55. The minimum atomic E-state index is -0.106. The van der Waals surface area contributed by atoms with Gasteiger partial charge >= 0.3 is 0 Å². The van der Waals surface area contributed by atoms with Crippen molar-refractivity contribution >= 4 is 5.78 Å². The normalized spacial score (nSPS) is 14.4. The molecule has 1 aliphatic heterocycles. The first-order chi connectivity index (χ1) is 9.26. The lowest BCUT2D eigenvalue weighted by Crippen LogP contribution is -2.37. The molecule has 0 amide bonds. The largest absolute Gasteiger partial charge is 0.454 e. The number of fused-ring (bicyclic) bond motifs is 1. The molecular formula is C15H21NO3. The summed E-state index contributed by atoms with van der Waals surface area (Å²) >= 11 is 0. The van der Waals surface area contributed by atoms with Gasteiger partial charge in [0.1, 0.15) is 0 Å². The first-order valence-electron chi connectivity index (χ1n) is 6.93. The number of hydrogen-bond donors (Lipinski definition) is 1. The number of Topliss-reactive ketones (excluding diaryl/α,β-unsaturated/α-hetero) is 1. The SMILES string of the molecule is CCCNC(CCC)C(=O)c1ccc2c(c1)OCO2. The van der Waals surface area contributed by atoms with Crippen molar-refractivity contribution in [1.82, 2.24) is 5.32 Å². The van der Waals surface area contributed by atoms with Crippen LogP contribution in [0.2, 0.25) is 0 Å². The fraction of sp³-hybridized carbons (Fsp3) is 0.533. The summed E-state index contributed by atoms with van der Waals surface area (Å²) in [6.07, 6.45) is 2.86. The quantitative estimate of drug-likeness (QED) is 0.768. The lowest BCUT2D eigenvalue weighted by Gasteiger charge is -2.16. The van der Waals surface area contributed by atoms with Gasteiger partial charge in [0.15, 0.2) is 17.3 Å². The first kappa shape index (κ1) is 13.9. The molecule has 1 aromatic carbocycles. The summed E-state index contributed by atoms with van der Waals surface area (Å²) < 4.78 is 10.6. The zero-order chi connectivity index (χ0) is 13.7. The average Bonchev–Trinajstić information content (AvgIpc) is 2.90. The van der Waals surface area contributed by atoms with Crippen LogP contribution in [0.5, 0.6) is 11.5 Å². The number of benzene rings is 1. The van der Waals surface area contributed by atoms with Gasteiger partial charge < -0.3 is 14.8 Å². The Morgan fingerprint density at radius 2 is 2.05 bits per heavy atom. The summed E-state index contributed by atoms with van der Waals surface area (Å²) in [5.41, 5.74) is 0.686. The molecule has 2 rings (SSSR count). The van der Waals surface area contributed by atoms with E-state index in [9.17, 15) is 4.79 Å². The highest BCUT2D eigenvalue weighted by molar-refractivity contribution is 6.00. The molecule has 1 unspecified atom stereocenters. The number of carbonyl (C=O) groups is 1. The van der Waals surface area contributed by atoms with Gasteiger partial charge in [-0.25, -0.2) is 0 Å². The highest BCUT2D eigenvalue weighted by Crippen LogP contribution is 2.32. The second kappa shape index (κ2) is 6.57. The maximum atomic E-state index is 12.5. The molecule has 0 fully saturated rings. The van der Waals surface area contributed by atoms with E-state index in [2.05, 4.69) is 19.2 Å². The van der Waals surface area contributed by atoms with E-state index in [1.807, 2.05) is 6.07 Å². The zero-order valence-corrected chi connectivity index (χ0v) is 11.6. The smallest absolute Gasteiger partial charge is 0.231 e. The van der Waals surface area contributed by atoms with Gasteiger partial charge in [0.25, 0.3) is 0 Å². The molecule has 1 N–H and O–H groups in total. The molecule has 19 heavy (non-hydrogen) atoms. The van der Waals surface area contributed by atoms with Crippen LogP contribution in [0, 0.1) is 0 Å². The number of rotatable bonds is 7. The molecule has 1 atom stereocenters. The van der Waals surface area contributed by atoms with E-state index >= 15 is 0 Å².